The normalized spacial score (nSPS) is 12.0. The number of esters is 1. The summed E-state index contributed by atoms with van der Waals surface area (Å²) in [5.41, 5.74) is 0.637. The maximum Gasteiger partial charge on any atom is 0.374 e. The van der Waals surface area contributed by atoms with Crippen LogP contribution in [0.25, 0.3) is 21.9 Å². The molecule has 2 heterocycles. The van der Waals surface area contributed by atoms with Crippen LogP contribution in [0.2, 0.25) is 0 Å². The van der Waals surface area contributed by atoms with Crippen molar-refractivity contribution in [3.05, 3.63) is 82.4 Å². The fourth-order valence-electron chi connectivity index (χ4n) is 2.98. The molecule has 0 bridgehead atoms. The van der Waals surface area contributed by atoms with Crippen molar-refractivity contribution < 1.29 is 23.2 Å². The Kier molecular flexibility index (Phi) is 4.87. The van der Waals surface area contributed by atoms with Gasteiger partial charge in [-0.15, -0.1) is 0 Å². The van der Waals surface area contributed by atoms with Gasteiger partial charge < -0.3 is 18.9 Å². The first-order valence-corrected chi connectivity index (χ1v) is 8.99. The summed E-state index contributed by atoms with van der Waals surface area (Å²) in [5, 5.41) is 4.00. The zero-order valence-corrected chi connectivity index (χ0v) is 15.5. The predicted octanol–water partition coefficient (Wildman–Crippen LogP) is 3.57. The predicted molar refractivity (Wildman–Crippen MR) is 106 cm³/mol. The van der Waals surface area contributed by atoms with E-state index in [1.54, 1.807) is 31.2 Å². The Bertz CT molecular complexity index is 1240. The third-order valence-corrected chi connectivity index (χ3v) is 4.42. The Hall–Kier alpha value is -3.87. The quantitative estimate of drug-likeness (QED) is 0.522. The maximum atomic E-state index is 12.2. The number of ether oxygens (including phenoxy) is 1. The van der Waals surface area contributed by atoms with E-state index in [0.717, 1.165) is 17.0 Å². The third kappa shape index (κ3) is 3.89. The molecular weight excluding hydrogens is 374 g/mol. The molecule has 29 heavy (non-hydrogen) atoms. The van der Waals surface area contributed by atoms with Crippen LogP contribution in [-0.4, -0.2) is 18.5 Å². The van der Waals surface area contributed by atoms with Crippen LogP contribution in [0.5, 0.6) is 0 Å². The van der Waals surface area contributed by atoms with Crippen molar-refractivity contribution in [3.63, 3.8) is 0 Å². The second-order valence-corrected chi connectivity index (χ2v) is 6.52. The summed E-state index contributed by atoms with van der Waals surface area (Å²) in [6, 6.07) is 16.6. The van der Waals surface area contributed by atoms with Gasteiger partial charge in [0.15, 0.2) is 12.0 Å². The molecule has 0 radical (unpaired) electrons. The summed E-state index contributed by atoms with van der Waals surface area (Å²) in [6.45, 7) is 1.25. The molecule has 0 saturated heterocycles. The van der Waals surface area contributed by atoms with Gasteiger partial charge in [-0.2, -0.15) is 0 Å². The number of hydrogen-bond donors (Lipinski definition) is 1. The summed E-state index contributed by atoms with van der Waals surface area (Å²) in [6.07, 6.45) is 0. The standard InChI is InChI=1S/C22H17NO6/c1-13(19-10-14-6-2-4-8-17(14)28-19)23-21(25)12-27-22(26)20-11-16(24)15-7-3-5-9-18(15)29-20/h2-11,13H,12H2,1H3,(H,23,25)/t13-/m0/s1. The summed E-state index contributed by atoms with van der Waals surface area (Å²) in [7, 11) is 0. The first-order chi connectivity index (χ1) is 14.0. The first kappa shape index (κ1) is 18.5. The second-order valence-electron chi connectivity index (χ2n) is 6.52. The Morgan fingerprint density at radius 1 is 1.00 bits per heavy atom. The second kappa shape index (κ2) is 7.63. The van der Waals surface area contributed by atoms with E-state index in [4.69, 9.17) is 13.6 Å². The van der Waals surface area contributed by atoms with Crippen LogP contribution in [0.3, 0.4) is 0 Å². The minimum atomic E-state index is -0.889. The SMILES string of the molecule is C[C@H](NC(=O)COC(=O)c1cc(=O)c2ccccc2o1)c1cc2ccccc2o1. The number of nitrogens with one attached hydrogen (secondary N) is 1. The first-order valence-electron chi connectivity index (χ1n) is 8.99. The molecule has 7 heteroatoms. The molecule has 1 N–H and O–H groups in total. The lowest BCUT2D eigenvalue weighted by Crippen LogP contribution is -2.31. The van der Waals surface area contributed by atoms with E-state index in [1.807, 2.05) is 30.3 Å². The Balaban J connectivity index is 1.39. The summed E-state index contributed by atoms with van der Waals surface area (Å²) in [4.78, 5) is 36.4. The monoisotopic (exact) mass is 391 g/mol. The van der Waals surface area contributed by atoms with Crippen molar-refractivity contribution in [3.8, 4) is 0 Å². The van der Waals surface area contributed by atoms with Gasteiger partial charge in [0.25, 0.3) is 5.91 Å². The molecule has 2 aromatic carbocycles. The van der Waals surface area contributed by atoms with Crippen LogP contribution in [0.15, 0.2) is 74.3 Å². The molecule has 1 amide bonds. The number of hydrogen-bond acceptors (Lipinski definition) is 6. The number of rotatable bonds is 5. The zero-order valence-electron chi connectivity index (χ0n) is 15.5. The molecule has 0 aliphatic carbocycles. The lowest BCUT2D eigenvalue weighted by Gasteiger charge is -2.11. The minimum absolute atomic E-state index is 0.258. The van der Waals surface area contributed by atoms with Gasteiger partial charge in [-0.25, -0.2) is 4.79 Å². The number of carbonyl (C=O) groups is 2. The Morgan fingerprint density at radius 3 is 2.52 bits per heavy atom. The minimum Gasteiger partial charge on any atom is -0.459 e. The van der Waals surface area contributed by atoms with Crippen molar-refractivity contribution >= 4 is 33.8 Å². The smallest absolute Gasteiger partial charge is 0.374 e. The Labute approximate surface area is 164 Å². The molecule has 0 spiro atoms. The van der Waals surface area contributed by atoms with Gasteiger partial charge in [0.05, 0.1) is 11.4 Å². The highest BCUT2D eigenvalue weighted by Crippen LogP contribution is 2.23. The molecule has 0 fully saturated rings. The molecule has 1 atom stereocenters. The number of carbonyl (C=O) groups excluding carboxylic acids is 2. The van der Waals surface area contributed by atoms with Gasteiger partial charge in [0.1, 0.15) is 16.9 Å². The average Bonchev–Trinajstić information content (AvgIpc) is 3.16. The van der Waals surface area contributed by atoms with Gasteiger partial charge in [-0.3, -0.25) is 9.59 Å². The summed E-state index contributed by atoms with van der Waals surface area (Å²) < 4.78 is 16.1. The van der Waals surface area contributed by atoms with Crippen molar-refractivity contribution in [1.29, 1.82) is 0 Å². The van der Waals surface area contributed by atoms with Gasteiger partial charge in [-0.05, 0) is 31.2 Å². The number of fused-ring (bicyclic) bond motifs is 2. The Morgan fingerprint density at radius 2 is 1.72 bits per heavy atom. The van der Waals surface area contributed by atoms with Gasteiger partial charge in [0.2, 0.25) is 5.76 Å². The number of benzene rings is 2. The van der Waals surface area contributed by atoms with Crippen molar-refractivity contribution in [1.82, 2.24) is 5.32 Å². The number of amides is 1. The highest BCUT2D eigenvalue weighted by atomic mass is 16.5. The largest absolute Gasteiger partial charge is 0.459 e. The summed E-state index contributed by atoms with van der Waals surface area (Å²) in [5.74, 6) is -1.06. The highest BCUT2D eigenvalue weighted by molar-refractivity contribution is 5.90. The van der Waals surface area contributed by atoms with Gasteiger partial charge >= 0.3 is 5.97 Å². The molecule has 0 unspecified atom stereocenters. The molecule has 0 aliphatic rings. The highest BCUT2D eigenvalue weighted by Gasteiger charge is 2.18. The van der Waals surface area contributed by atoms with Crippen LogP contribution < -0.4 is 10.7 Å². The van der Waals surface area contributed by atoms with Crippen LogP contribution in [0.4, 0.5) is 0 Å². The number of furan rings is 1. The van der Waals surface area contributed by atoms with E-state index >= 15 is 0 Å². The van der Waals surface area contributed by atoms with E-state index in [2.05, 4.69) is 5.32 Å². The molecular formula is C22H17NO6. The molecule has 4 rings (SSSR count). The fraction of sp³-hybridized carbons (Fsp3) is 0.136. The van der Waals surface area contributed by atoms with Crippen LogP contribution in [0, 0.1) is 0 Å². The molecule has 7 nitrogen and oxygen atoms in total. The van der Waals surface area contributed by atoms with Gasteiger partial charge in [0, 0.05) is 11.5 Å². The van der Waals surface area contributed by atoms with Crippen LogP contribution >= 0.6 is 0 Å². The van der Waals surface area contributed by atoms with Crippen molar-refractivity contribution in [2.24, 2.45) is 0 Å². The molecule has 0 aliphatic heterocycles. The van der Waals surface area contributed by atoms with E-state index in [1.165, 1.54) is 0 Å². The van der Waals surface area contributed by atoms with E-state index < -0.39 is 24.5 Å². The maximum absolute atomic E-state index is 12.2. The lowest BCUT2D eigenvalue weighted by atomic mass is 10.2. The molecule has 0 saturated carbocycles. The van der Waals surface area contributed by atoms with E-state index in [9.17, 15) is 14.4 Å². The van der Waals surface area contributed by atoms with Gasteiger partial charge in [-0.1, -0.05) is 30.3 Å². The van der Waals surface area contributed by atoms with Crippen molar-refractivity contribution in [2.75, 3.05) is 6.61 Å². The lowest BCUT2D eigenvalue weighted by molar-refractivity contribution is -0.125. The molecule has 146 valence electrons. The van der Waals surface area contributed by atoms with Crippen LogP contribution in [0.1, 0.15) is 29.3 Å². The average molecular weight is 391 g/mol. The number of para-hydroxylation sites is 2. The van der Waals surface area contributed by atoms with E-state index in [-0.39, 0.29) is 16.8 Å². The fourth-order valence-corrected chi connectivity index (χ4v) is 2.98. The molecule has 4 aromatic rings. The van der Waals surface area contributed by atoms with E-state index in [0.29, 0.717) is 11.1 Å². The van der Waals surface area contributed by atoms with Crippen LogP contribution in [-0.2, 0) is 9.53 Å². The summed E-state index contributed by atoms with van der Waals surface area (Å²) >= 11 is 0. The zero-order chi connectivity index (χ0) is 20.4. The van der Waals surface area contributed by atoms with Crippen molar-refractivity contribution in [2.45, 2.75) is 13.0 Å². The molecule has 2 aromatic heterocycles. The third-order valence-electron chi connectivity index (χ3n) is 4.42. The topological polar surface area (TPSA) is 98.8 Å².